The Morgan fingerprint density at radius 3 is 2.84 bits per heavy atom. The Labute approximate surface area is 147 Å². The molecule has 25 heavy (non-hydrogen) atoms. The summed E-state index contributed by atoms with van der Waals surface area (Å²) >= 11 is 5.80. The molecule has 1 amide bonds. The molecule has 1 N–H and O–H groups in total. The maximum absolute atomic E-state index is 14.2. The van der Waals surface area contributed by atoms with Crippen LogP contribution in [0.25, 0.3) is 5.52 Å². The molecule has 0 spiro atoms. The summed E-state index contributed by atoms with van der Waals surface area (Å²) in [5.74, 6) is -1.08. The first-order valence-electron chi connectivity index (χ1n) is 7.44. The maximum Gasteiger partial charge on any atom is 0.293 e. The number of nitrogens with one attached hydrogen (secondary N) is 1. The van der Waals surface area contributed by atoms with Gasteiger partial charge in [-0.25, -0.2) is 13.6 Å². The van der Waals surface area contributed by atoms with Crippen LogP contribution in [0.1, 0.15) is 19.4 Å². The van der Waals surface area contributed by atoms with Crippen molar-refractivity contribution in [2.24, 2.45) is 0 Å². The van der Waals surface area contributed by atoms with E-state index in [0.717, 1.165) is 4.68 Å². The highest BCUT2D eigenvalue weighted by Gasteiger charge is 2.27. The molecule has 3 rings (SSSR count). The van der Waals surface area contributed by atoms with Crippen molar-refractivity contribution in [3.63, 3.8) is 0 Å². The zero-order valence-corrected chi connectivity index (χ0v) is 14.3. The van der Waals surface area contributed by atoms with Gasteiger partial charge >= 0.3 is 0 Å². The van der Waals surface area contributed by atoms with Gasteiger partial charge in [-0.15, -0.1) is 0 Å². The summed E-state index contributed by atoms with van der Waals surface area (Å²) in [4.78, 5) is 24.6. The van der Waals surface area contributed by atoms with Gasteiger partial charge in [0.05, 0.1) is 16.8 Å². The largest absolute Gasteiger partial charge is 0.345 e. The predicted molar refractivity (Wildman–Crippen MR) is 89.8 cm³/mol. The number of benzene rings is 1. The molecule has 130 valence electrons. The standard InChI is InChI=1S/C16H15ClFN5O2/c1-16(2,10-4-3-5-11(17)14(10)18)21-13(24)8-22-15(25)12-6-7-19-23(12)9-20-22/h3-7,9H,8H2,1-2H3,(H,21,24). The molecule has 0 radical (unpaired) electrons. The third-order valence-electron chi connectivity index (χ3n) is 3.79. The molecule has 3 aromatic rings. The van der Waals surface area contributed by atoms with Gasteiger partial charge < -0.3 is 5.32 Å². The van der Waals surface area contributed by atoms with Crippen molar-refractivity contribution in [1.29, 1.82) is 0 Å². The molecule has 0 fully saturated rings. The summed E-state index contributed by atoms with van der Waals surface area (Å²) in [5.41, 5.74) is -0.902. The molecule has 0 atom stereocenters. The number of carbonyl (C=O) groups excluding carboxylic acids is 1. The Hall–Kier alpha value is -2.74. The summed E-state index contributed by atoms with van der Waals surface area (Å²) < 4.78 is 16.6. The van der Waals surface area contributed by atoms with E-state index in [1.807, 2.05) is 0 Å². The number of aromatic nitrogens is 4. The number of halogens is 2. The summed E-state index contributed by atoms with van der Waals surface area (Å²) in [6.07, 6.45) is 2.81. The smallest absolute Gasteiger partial charge is 0.293 e. The van der Waals surface area contributed by atoms with Crippen LogP contribution in [0.15, 0.2) is 41.6 Å². The molecule has 9 heteroatoms. The molecule has 1 aromatic carbocycles. The Bertz CT molecular complexity index is 1010. The number of nitrogens with zero attached hydrogens (tertiary/aromatic N) is 4. The van der Waals surface area contributed by atoms with E-state index in [4.69, 9.17) is 11.6 Å². The van der Waals surface area contributed by atoms with Gasteiger partial charge in [0, 0.05) is 5.56 Å². The highest BCUT2D eigenvalue weighted by atomic mass is 35.5. The Morgan fingerprint density at radius 2 is 2.08 bits per heavy atom. The number of hydrogen-bond acceptors (Lipinski definition) is 4. The Kier molecular flexibility index (Phi) is 4.30. The lowest BCUT2D eigenvalue weighted by molar-refractivity contribution is -0.123. The van der Waals surface area contributed by atoms with Gasteiger partial charge in [-0.1, -0.05) is 23.7 Å². The molecule has 7 nitrogen and oxygen atoms in total. The van der Waals surface area contributed by atoms with Crippen molar-refractivity contribution >= 4 is 23.0 Å². The van der Waals surface area contributed by atoms with Crippen molar-refractivity contribution < 1.29 is 9.18 Å². The minimum atomic E-state index is -1.02. The van der Waals surface area contributed by atoms with E-state index in [-0.39, 0.29) is 17.1 Å². The molecule has 0 aliphatic heterocycles. The average molecular weight is 364 g/mol. The van der Waals surface area contributed by atoms with Crippen molar-refractivity contribution in [2.75, 3.05) is 0 Å². The van der Waals surface area contributed by atoms with Crippen LogP contribution in [0.2, 0.25) is 5.02 Å². The second-order valence-corrected chi connectivity index (χ2v) is 6.44. The van der Waals surface area contributed by atoms with Crippen molar-refractivity contribution in [1.82, 2.24) is 24.7 Å². The fourth-order valence-corrected chi connectivity index (χ4v) is 2.74. The lowest BCUT2D eigenvalue weighted by Crippen LogP contribution is -2.44. The van der Waals surface area contributed by atoms with Crippen LogP contribution < -0.4 is 10.9 Å². The van der Waals surface area contributed by atoms with Crippen LogP contribution in [0.5, 0.6) is 0 Å². The van der Waals surface area contributed by atoms with E-state index in [0.29, 0.717) is 5.52 Å². The highest BCUT2D eigenvalue weighted by molar-refractivity contribution is 6.30. The van der Waals surface area contributed by atoms with Crippen molar-refractivity contribution in [2.45, 2.75) is 25.9 Å². The molecule has 2 heterocycles. The molecule has 0 saturated heterocycles. The number of hydrogen-bond donors (Lipinski definition) is 1. The summed E-state index contributed by atoms with van der Waals surface area (Å²) in [7, 11) is 0. The molecule has 0 bridgehead atoms. The number of carbonyl (C=O) groups is 1. The first-order chi connectivity index (χ1) is 11.8. The number of fused-ring (bicyclic) bond motifs is 1. The van der Waals surface area contributed by atoms with E-state index in [2.05, 4.69) is 15.5 Å². The van der Waals surface area contributed by atoms with Crippen molar-refractivity contribution in [3.8, 4) is 0 Å². The van der Waals surface area contributed by atoms with E-state index in [9.17, 15) is 14.0 Å². The minimum absolute atomic E-state index is 0.0242. The SMILES string of the molecule is CC(C)(NC(=O)Cn1ncn2nccc2c1=O)c1cccc(Cl)c1F. The van der Waals surface area contributed by atoms with Crippen LogP contribution in [-0.4, -0.2) is 25.3 Å². The van der Waals surface area contributed by atoms with Crippen LogP contribution >= 0.6 is 11.6 Å². The van der Waals surface area contributed by atoms with Crippen LogP contribution in [0, 0.1) is 5.82 Å². The average Bonchev–Trinajstić information content (AvgIpc) is 3.01. The van der Waals surface area contributed by atoms with Gasteiger partial charge in [-0.2, -0.15) is 10.2 Å². The number of amides is 1. The van der Waals surface area contributed by atoms with Gasteiger partial charge in [0.1, 0.15) is 24.2 Å². The molecule has 0 saturated carbocycles. The fourth-order valence-electron chi connectivity index (χ4n) is 2.56. The minimum Gasteiger partial charge on any atom is -0.345 e. The fraction of sp³-hybridized carbons (Fsp3) is 0.250. The second-order valence-electron chi connectivity index (χ2n) is 6.03. The first kappa shape index (κ1) is 17.1. The summed E-state index contributed by atoms with van der Waals surface area (Å²) in [5, 5.41) is 10.5. The van der Waals surface area contributed by atoms with Gasteiger partial charge in [0.15, 0.2) is 0 Å². The lowest BCUT2D eigenvalue weighted by atomic mass is 9.93. The third-order valence-corrected chi connectivity index (χ3v) is 4.09. The van der Waals surface area contributed by atoms with Crippen LogP contribution in [0.3, 0.4) is 0 Å². The first-order valence-corrected chi connectivity index (χ1v) is 7.82. The molecular weight excluding hydrogens is 349 g/mol. The van der Waals surface area contributed by atoms with Crippen LogP contribution in [-0.2, 0) is 16.9 Å². The highest BCUT2D eigenvalue weighted by Crippen LogP contribution is 2.27. The number of rotatable bonds is 4. The van der Waals surface area contributed by atoms with E-state index < -0.39 is 22.8 Å². The maximum atomic E-state index is 14.2. The lowest BCUT2D eigenvalue weighted by Gasteiger charge is -2.27. The molecule has 0 unspecified atom stereocenters. The monoisotopic (exact) mass is 363 g/mol. The van der Waals surface area contributed by atoms with E-state index >= 15 is 0 Å². The van der Waals surface area contributed by atoms with Gasteiger partial charge in [-0.05, 0) is 26.0 Å². The Morgan fingerprint density at radius 1 is 1.32 bits per heavy atom. The molecule has 0 aliphatic carbocycles. The summed E-state index contributed by atoms with van der Waals surface area (Å²) in [6, 6.07) is 6.12. The molecular formula is C16H15ClFN5O2. The predicted octanol–water partition coefficient (Wildman–Crippen LogP) is 1.73. The summed E-state index contributed by atoms with van der Waals surface area (Å²) in [6.45, 7) is 3.00. The van der Waals surface area contributed by atoms with Crippen molar-refractivity contribution in [3.05, 3.63) is 63.5 Å². The van der Waals surface area contributed by atoms with Crippen LogP contribution in [0.4, 0.5) is 4.39 Å². The Balaban J connectivity index is 1.82. The van der Waals surface area contributed by atoms with E-state index in [1.165, 1.54) is 29.2 Å². The topological polar surface area (TPSA) is 81.3 Å². The van der Waals surface area contributed by atoms with Gasteiger partial charge in [-0.3, -0.25) is 9.59 Å². The van der Waals surface area contributed by atoms with Gasteiger partial charge in [0.2, 0.25) is 5.91 Å². The third kappa shape index (κ3) is 3.25. The molecule has 0 aliphatic rings. The second kappa shape index (κ2) is 6.29. The van der Waals surface area contributed by atoms with Gasteiger partial charge in [0.25, 0.3) is 5.56 Å². The van der Waals surface area contributed by atoms with E-state index in [1.54, 1.807) is 26.0 Å². The normalized spacial score (nSPS) is 11.7. The zero-order chi connectivity index (χ0) is 18.2. The zero-order valence-electron chi connectivity index (χ0n) is 13.5. The molecule has 2 aromatic heterocycles. The quantitative estimate of drug-likeness (QED) is 0.765.